The first kappa shape index (κ1) is 16.5. The number of benzene rings is 1. The highest BCUT2D eigenvalue weighted by Crippen LogP contribution is 2.33. The summed E-state index contributed by atoms with van der Waals surface area (Å²) in [5, 5.41) is 3.55. The minimum atomic E-state index is -0.0106. The molecule has 1 N–H and O–H groups in total. The molecular weight excluding hydrogens is 396 g/mol. The maximum Gasteiger partial charge on any atom is 0.142 e. The molecule has 1 aromatic heterocycles. The Hall–Kier alpha value is -0.910. The molecule has 2 aromatic rings. The Balaban J connectivity index is 2.47. The van der Waals surface area contributed by atoms with Crippen molar-refractivity contribution in [3.8, 4) is 5.75 Å². The van der Waals surface area contributed by atoms with E-state index < -0.39 is 0 Å². The molecule has 1 unspecified atom stereocenters. The molecule has 0 amide bonds. The minimum absolute atomic E-state index is 0.0106. The number of pyridine rings is 1. The van der Waals surface area contributed by atoms with E-state index in [0.29, 0.717) is 0 Å². The summed E-state index contributed by atoms with van der Waals surface area (Å²) in [6.45, 7) is 3.06. The number of methoxy groups -OCH3 is 1. The summed E-state index contributed by atoms with van der Waals surface area (Å²) < 4.78 is 7.55. The maximum atomic E-state index is 5.46. The number of ether oxygens (including phenoxy) is 1. The molecule has 0 aliphatic carbocycles. The number of rotatable bonds is 6. The van der Waals surface area contributed by atoms with Gasteiger partial charge in [-0.2, -0.15) is 0 Å². The molecule has 21 heavy (non-hydrogen) atoms. The highest BCUT2D eigenvalue weighted by Gasteiger charge is 2.21. The van der Waals surface area contributed by atoms with E-state index in [2.05, 4.69) is 55.2 Å². The molecule has 1 atom stereocenters. The highest BCUT2D eigenvalue weighted by atomic mass is 79.9. The van der Waals surface area contributed by atoms with Gasteiger partial charge in [0.2, 0.25) is 0 Å². The molecule has 5 heteroatoms. The van der Waals surface area contributed by atoms with Crippen molar-refractivity contribution in [2.24, 2.45) is 0 Å². The fourth-order valence-electron chi connectivity index (χ4n) is 2.17. The molecule has 0 fully saturated rings. The zero-order chi connectivity index (χ0) is 15.2. The van der Waals surface area contributed by atoms with Crippen molar-refractivity contribution >= 4 is 31.9 Å². The fourth-order valence-corrected chi connectivity index (χ4v) is 3.45. The molecule has 112 valence electrons. The lowest BCUT2D eigenvalue weighted by Crippen LogP contribution is -2.25. The monoisotopic (exact) mass is 412 g/mol. The Morgan fingerprint density at radius 1 is 1.29 bits per heavy atom. The van der Waals surface area contributed by atoms with Gasteiger partial charge < -0.3 is 10.1 Å². The average Bonchev–Trinajstić information content (AvgIpc) is 2.49. The van der Waals surface area contributed by atoms with Gasteiger partial charge in [-0.15, -0.1) is 0 Å². The molecule has 1 heterocycles. The molecular formula is C16H18Br2N2O. The topological polar surface area (TPSA) is 34.2 Å². The third-order valence-corrected chi connectivity index (χ3v) is 4.35. The highest BCUT2D eigenvalue weighted by molar-refractivity contribution is 9.11. The molecule has 3 nitrogen and oxygen atoms in total. The van der Waals surface area contributed by atoms with Crippen LogP contribution in [-0.2, 0) is 0 Å². The lowest BCUT2D eigenvalue weighted by molar-refractivity contribution is 0.399. The van der Waals surface area contributed by atoms with Crippen LogP contribution in [0.5, 0.6) is 5.75 Å². The average molecular weight is 414 g/mol. The van der Waals surface area contributed by atoms with Crippen molar-refractivity contribution in [2.75, 3.05) is 13.7 Å². The largest absolute Gasteiger partial charge is 0.495 e. The van der Waals surface area contributed by atoms with Crippen LogP contribution < -0.4 is 10.1 Å². The second-order valence-corrected chi connectivity index (χ2v) is 6.41. The first-order valence-electron chi connectivity index (χ1n) is 6.84. The van der Waals surface area contributed by atoms with Crippen LogP contribution in [0.25, 0.3) is 0 Å². The van der Waals surface area contributed by atoms with Crippen LogP contribution in [0, 0.1) is 0 Å². The maximum absolute atomic E-state index is 5.46. The summed E-state index contributed by atoms with van der Waals surface area (Å²) in [5.74, 6) is 0.793. The number of hydrogen-bond donors (Lipinski definition) is 1. The minimum Gasteiger partial charge on any atom is -0.495 e. The normalized spacial score (nSPS) is 12.2. The number of nitrogens with zero attached hydrogens (tertiary/aromatic N) is 1. The molecule has 0 saturated carbocycles. The third-order valence-electron chi connectivity index (χ3n) is 3.17. The Kier molecular flexibility index (Phi) is 6.21. The van der Waals surface area contributed by atoms with Crippen LogP contribution in [-0.4, -0.2) is 18.6 Å². The predicted octanol–water partition coefficient (Wildman–Crippen LogP) is 4.70. The smallest absolute Gasteiger partial charge is 0.142 e. The first-order chi connectivity index (χ1) is 10.2. The van der Waals surface area contributed by atoms with Crippen LogP contribution in [0.3, 0.4) is 0 Å². The van der Waals surface area contributed by atoms with E-state index in [1.54, 1.807) is 13.3 Å². The van der Waals surface area contributed by atoms with Crippen molar-refractivity contribution in [3.05, 3.63) is 56.7 Å². The second kappa shape index (κ2) is 7.92. The summed E-state index contributed by atoms with van der Waals surface area (Å²) in [7, 11) is 1.67. The zero-order valence-electron chi connectivity index (χ0n) is 12.1. The van der Waals surface area contributed by atoms with Gasteiger partial charge in [-0.05, 0) is 42.8 Å². The third kappa shape index (κ3) is 4.05. The van der Waals surface area contributed by atoms with Crippen LogP contribution in [0.1, 0.15) is 30.6 Å². The number of aromatic nitrogens is 1. The van der Waals surface area contributed by atoms with Gasteiger partial charge in [0.05, 0.1) is 13.2 Å². The van der Waals surface area contributed by atoms with Crippen molar-refractivity contribution in [2.45, 2.75) is 19.4 Å². The van der Waals surface area contributed by atoms with Crippen molar-refractivity contribution in [1.29, 1.82) is 0 Å². The van der Waals surface area contributed by atoms with Crippen LogP contribution >= 0.6 is 31.9 Å². The lowest BCUT2D eigenvalue weighted by Gasteiger charge is -2.21. The van der Waals surface area contributed by atoms with E-state index in [4.69, 9.17) is 4.74 Å². The lowest BCUT2D eigenvalue weighted by atomic mass is 10.0. The van der Waals surface area contributed by atoms with Gasteiger partial charge in [-0.25, -0.2) is 0 Å². The van der Waals surface area contributed by atoms with Gasteiger partial charge in [0.1, 0.15) is 11.4 Å². The van der Waals surface area contributed by atoms with Gasteiger partial charge in [-0.1, -0.05) is 44.8 Å². The Morgan fingerprint density at radius 3 is 2.76 bits per heavy atom. The number of hydrogen-bond acceptors (Lipinski definition) is 3. The van der Waals surface area contributed by atoms with E-state index in [1.165, 1.54) is 0 Å². The Morgan fingerprint density at radius 2 is 2.10 bits per heavy atom. The van der Waals surface area contributed by atoms with Gasteiger partial charge in [0.15, 0.2) is 0 Å². The molecule has 0 aliphatic rings. The molecule has 0 radical (unpaired) electrons. The fraction of sp³-hybridized carbons (Fsp3) is 0.312. The predicted molar refractivity (Wildman–Crippen MR) is 92.8 cm³/mol. The van der Waals surface area contributed by atoms with E-state index in [1.807, 2.05) is 24.3 Å². The van der Waals surface area contributed by atoms with Crippen molar-refractivity contribution in [3.63, 3.8) is 0 Å². The standard InChI is InChI=1S/C16H18Br2N2O/c1-3-8-19-15(12-7-6-11(17)10-13(12)18)16-14(21-2)5-4-9-20-16/h4-7,9-10,15,19H,3,8H2,1-2H3. The van der Waals surface area contributed by atoms with E-state index in [0.717, 1.165) is 38.9 Å². The number of nitrogens with one attached hydrogen (secondary N) is 1. The van der Waals surface area contributed by atoms with Crippen molar-refractivity contribution in [1.82, 2.24) is 10.3 Å². The number of halogens is 2. The molecule has 0 saturated heterocycles. The molecule has 0 spiro atoms. The summed E-state index contributed by atoms with van der Waals surface area (Å²) in [6.07, 6.45) is 2.85. The second-order valence-electron chi connectivity index (χ2n) is 4.64. The Labute approximate surface area is 142 Å². The van der Waals surface area contributed by atoms with Crippen LogP contribution in [0.4, 0.5) is 0 Å². The van der Waals surface area contributed by atoms with E-state index >= 15 is 0 Å². The quantitative estimate of drug-likeness (QED) is 0.744. The summed E-state index contributed by atoms with van der Waals surface area (Å²) >= 11 is 7.14. The SMILES string of the molecule is CCCNC(c1ccc(Br)cc1Br)c1ncccc1OC. The van der Waals surface area contributed by atoms with E-state index in [-0.39, 0.29) is 6.04 Å². The van der Waals surface area contributed by atoms with Crippen LogP contribution in [0.2, 0.25) is 0 Å². The summed E-state index contributed by atoms with van der Waals surface area (Å²) in [6, 6.07) is 9.99. The van der Waals surface area contributed by atoms with Crippen molar-refractivity contribution < 1.29 is 4.74 Å². The van der Waals surface area contributed by atoms with E-state index in [9.17, 15) is 0 Å². The van der Waals surface area contributed by atoms with Gasteiger partial charge >= 0.3 is 0 Å². The summed E-state index contributed by atoms with van der Waals surface area (Å²) in [4.78, 5) is 4.52. The van der Waals surface area contributed by atoms with Gasteiger partial charge in [0.25, 0.3) is 0 Å². The molecule has 1 aromatic carbocycles. The Bertz CT molecular complexity index is 605. The van der Waals surface area contributed by atoms with Crippen LogP contribution in [0.15, 0.2) is 45.5 Å². The zero-order valence-corrected chi connectivity index (χ0v) is 15.2. The molecule has 0 bridgehead atoms. The van der Waals surface area contributed by atoms with Gasteiger partial charge in [-0.3, -0.25) is 4.98 Å². The summed E-state index contributed by atoms with van der Waals surface area (Å²) in [5.41, 5.74) is 2.04. The van der Waals surface area contributed by atoms with Gasteiger partial charge in [0, 0.05) is 15.1 Å². The molecule has 0 aliphatic heterocycles. The first-order valence-corrected chi connectivity index (χ1v) is 8.43. The molecule has 2 rings (SSSR count).